The Hall–Kier alpha value is -4.48. The van der Waals surface area contributed by atoms with Crippen LogP contribution in [0.1, 0.15) is 42.5 Å². The number of H-pyrrole nitrogens is 2. The minimum absolute atomic E-state index is 0.0147. The van der Waals surface area contributed by atoms with Gasteiger partial charge in [-0.15, -0.1) is 0 Å². The van der Waals surface area contributed by atoms with Gasteiger partial charge in [-0.2, -0.15) is 0 Å². The topological polar surface area (TPSA) is 176 Å². The molecule has 2 aromatic heterocycles. The summed E-state index contributed by atoms with van der Waals surface area (Å²) in [5, 5.41) is 34.2. The van der Waals surface area contributed by atoms with Crippen LogP contribution >= 0.6 is 0 Å². The van der Waals surface area contributed by atoms with Gasteiger partial charge < -0.3 is 35.5 Å². The fourth-order valence-electron chi connectivity index (χ4n) is 5.44. The first-order chi connectivity index (χ1) is 20.2. The SMILES string of the molecule is O=C(NCC[C@@H](O)C[C@@H](O)CC(=O)N1CCC(C(=O)O)CC1)c1ccc2[nH]c(-c3cc4ccccc4[nH]c3=O)cc2c1. The third-order valence-electron chi connectivity index (χ3n) is 7.84. The first-order valence-electron chi connectivity index (χ1n) is 14.1. The van der Waals surface area contributed by atoms with Gasteiger partial charge in [0.1, 0.15) is 0 Å². The van der Waals surface area contributed by atoms with Crippen LogP contribution in [0, 0.1) is 5.92 Å². The van der Waals surface area contributed by atoms with Crippen LogP contribution in [0.3, 0.4) is 0 Å². The predicted molar refractivity (Wildman–Crippen MR) is 157 cm³/mol. The van der Waals surface area contributed by atoms with E-state index in [2.05, 4.69) is 15.3 Å². The van der Waals surface area contributed by atoms with Crippen molar-refractivity contribution in [1.82, 2.24) is 20.2 Å². The molecule has 3 heterocycles. The molecule has 0 unspecified atom stereocenters. The summed E-state index contributed by atoms with van der Waals surface area (Å²) in [6, 6.07) is 16.4. The number of carbonyl (C=O) groups excluding carboxylic acids is 2. The van der Waals surface area contributed by atoms with Gasteiger partial charge in [0.15, 0.2) is 0 Å². The fourth-order valence-corrected chi connectivity index (χ4v) is 5.44. The minimum Gasteiger partial charge on any atom is -0.481 e. The second-order valence-electron chi connectivity index (χ2n) is 10.9. The number of rotatable bonds is 10. The molecule has 1 aliphatic heterocycles. The van der Waals surface area contributed by atoms with E-state index in [9.17, 15) is 29.4 Å². The summed E-state index contributed by atoms with van der Waals surface area (Å²) in [7, 11) is 0. The molecule has 1 aliphatic rings. The van der Waals surface area contributed by atoms with Crippen molar-refractivity contribution in [3.05, 3.63) is 70.5 Å². The van der Waals surface area contributed by atoms with Crippen molar-refractivity contribution in [3.63, 3.8) is 0 Å². The quantitative estimate of drug-likeness (QED) is 0.169. The number of benzene rings is 2. The first kappa shape index (κ1) is 29.0. The van der Waals surface area contributed by atoms with E-state index in [1.165, 1.54) is 0 Å². The highest BCUT2D eigenvalue weighted by atomic mass is 16.4. The molecule has 0 aliphatic carbocycles. The normalized spacial score (nSPS) is 15.5. The van der Waals surface area contributed by atoms with Crippen molar-refractivity contribution < 1.29 is 29.7 Å². The number of carbonyl (C=O) groups is 3. The molecule has 11 nitrogen and oxygen atoms in total. The van der Waals surface area contributed by atoms with E-state index < -0.39 is 24.1 Å². The molecule has 2 amide bonds. The monoisotopic (exact) mass is 574 g/mol. The highest BCUT2D eigenvalue weighted by Gasteiger charge is 2.28. The van der Waals surface area contributed by atoms with Crippen LogP contribution in [0.5, 0.6) is 0 Å². The Labute approximate surface area is 241 Å². The summed E-state index contributed by atoms with van der Waals surface area (Å²) in [6.45, 7) is 0.857. The molecule has 0 radical (unpaired) electrons. The number of nitrogens with zero attached hydrogens (tertiary/aromatic N) is 1. The van der Waals surface area contributed by atoms with Crippen LogP contribution in [-0.4, -0.2) is 79.8 Å². The molecule has 11 heteroatoms. The maximum absolute atomic E-state index is 12.8. The minimum atomic E-state index is -1.04. The summed E-state index contributed by atoms with van der Waals surface area (Å²) in [4.78, 5) is 56.6. The number of piperidine rings is 1. The summed E-state index contributed by atoms with van der Waals surface area (Å²) in [5.41, 5.74) is 2.87. The van der Waals surface area contributed by atoms with Gasteiger partial charge in [0.05, 0.1) is 35.8 Å². The van der Waals surface area contributed by atoms with Gasteiger partial charge in [0.25, 0.3) is 11.5 Å². The molecule has 5 rings (SSSR count). The Balaban J connectivity index is 1.11. The van der Waals surface area contributed by atoms with E-state index >= 15 is 0 Å². The van der Waals surface area contributed by atoms with E-state index in [1.807, 2.05) is 36.4 Å². The molecular weight excluding hydrogens is 540 g/mol. The van der Waals surface area contributed by atoms with Crippen LogP contribution in [0.2, 0.25) is 0 Å². The van der Waals surface area contributed by atoms with Crippen molar-refractivity contribution in [2.24, 2.45) is 5.92 Å². The van der Waals surface area contributed by atoms with Crippen molar-refractivity contribution in [2.75, 3.05) is 19.6 Å². The summed E-state index contributed by atoms with van der Waals surface area (Å²) >= 11 is 0. The Bertz CT molecular complexity index is 1670. The smallest absolute Gasteiger partial charge is 0.306 e. The summed E-state index contributed by atoms with van der Waals surface area (Å²) in [5.74, 6) is -1.89. The van der Waals surface area contributed by atoms with Crippen molar-refractivity contribution in [3.8, 4) is 11.3 Å². The van der Waals surface area contributed by atoms with Gasteiger partial charge in [-0.1, -0.05) is 18.2 Å². The van der Waals surface area contributed by atoms with Crippen molar-refractivity contribution >= 4 is 39.6 Å². The highest BCUT2D eigenvalue weighted by Crippen LogP contribution is 2.25. The van der Waals surface area contributed by atoms with E-state index in [0.717, 1.165) is 21.8 Å². The summed E-state index contributed by atoms with van der Waals surface area (Å²) < 4.78 is 0. The maximum atomic E-state index is 12.8. The van der Waals surface area contributed by atoms with Crippen LogP contribution in [0.4, 0.5) is 0 Å². The Kier molecular flexibility index (Phi) is 8.69. The first-order valence-corrected chi connectivity index (χ1v) is 14.1. The van der Waals surface area contributed by atoms with Crippen LogP contribution in [0.15, 0.2) is 59.4 Å². The zero-order valence-corrected chi connectivity index (χ0v) is 23.0. The van der Waals surface area contributed by atoms with E-state index in [1.54, 1.807) is 23.1 Å². The molecule has 220 valence electrons. The predicted octanol–water partition coefficient (Wildman–Crippen LogP) is 2.62. The number of hydrogen-bond donors (Lipinski definition) is 6. The van der Waals surface area contributed by atoms with E-state index in [0.29, 0.717) is 42.8 Å². The standard InChI is InChI=1S/C31H34N4O7/c36-22(16-23(37)17-28(38)35-11-8-18(9-12-35)31(41)42)7-10-32-29(39)20-5-6-26-21(13-20)15-27(33-26)24-14-19-3-1-2-4-25(19)34-30(24)40/h1-6,13-15,18,22-23,33,36-37H,7-12,16-17H2,(H,32,39)(H,34,40)(H,41,42)/t22-,23-/m1/s1. The number of pyridine rings is 1. The Morgan fingerprint density at radius 3 is 2.43 bits per heavy atom. The number of aliphatic hydroxyl groups excluding tert-OH is 2. The second-order valence-corrected chi connectivity index (χ2v) is 10.9. The molecule has 2 aromatic carbocycles. The zero-order chi connectivity index (χ0) is 29.8. The van der Waals surface area contributed by atoms with Gasteiger partial charge in [0.2, 0.25) is 5.91 Å². The molecule has 0 spiro atoms. The third-order valence-corrected chi connectivity index (χ3v) is 7.84. The number of amides is 2. The number of carboxylic acid groups (broad SMARTS) is 1. The number of fused-ring (bicyclic) bond motifs is 2. The lowest BCUT2D eigenvalue weighted by atomic mass is 9.96. The zero-order valence-electron chi connectivity index (χ0n) is 23.0. The highest BCUT2D eigenvalue weighted by molar-refractivity contribution is 5.99. The average molecular weight is 575 g/mol. The number of carboxylic acids is 1. The molecule has 1 saturated heterocycles. The lowest BCUT2D eigenvalue weighted by Gasteiger charge is -2.31. The molecule has 6 N–H and O–H groups in total. The van der Waals surface area contributed by atoms with E-state index in [4.69, 9.17) is 5.11 Å². The lowest BCUT2D eigenvalue weighted by molar-refractivity contribution is -0.146. The number of aliphatic hydroxyl groups is 2. The van der Waals surface area contributed by atoms with Gasteiger partial charge in [-0.05, 0) is 67.5 Å². The molecule has 42 heavy (non-hydrogen) atoms. The van der Waals surface area contributed by atoms with Crippen LogP contribution in [-0.2, 0) is 9.59 Å². The van der Waals surface area contributed by atoms with Gasteiger partial charge in [-0.3, -0.25) is 19.2 Å². The Morgan fingerprint density at radius 2 is 1.67 bits per heavy atom. The molecule has 2 atom stereocenters. The van der Waals surface area contributed by atoms with Crippen LogP contribution < -0.4 is 10.9 Å². The van der Waals surface area contributed by atoms with Crippen molar-refractivity contribution in [2.45, 2.75) is 44.3 Å². The number of para-hydroxylation sites is 1. The summed E-state index contributed by atoms with van der Waals surface area (Å²) in [6.07, 6.45) is -1.14. The molecule has 4 aromatic rings. The fraction of sp³-hybridized carbons (Fsp3) is 0.355. The average Bonchev–Trinajstić information content (AvgIpc) is 3.40. The Morgan fingerprint density at radius 1 is 0.929 bits per heavy atom. The molecule has 0 saturated carbocycles. The second kappa shape index (κ2) is 12.6. The molecular formula is C31H34N4O7. The van der Waals surface area contributed by atoms with Crippen molar-refractivity contribution in [1.29, 1.82) is 0 Å². The number of hydrogen-bond acceptors (Lipinski definition) is 6. The third kappa shape index (κ3) is 6.69. The molecule has 1 fully saturated rings. The lowest BCUT2D eigenvalue weighted by Crippen LogP contribution is -2.41. The van der Waals surface area contributed by atoms with Gasteiger partial charge in [0, 0.05) is 41.6 Å². The number of likely N-dealkylation sites (tertiary alicyclic amines) is 1. The van der Waals surface area contributed by atoms with Gasteiger partial charge >= 0.3 is 5.97 Å². The largest absolute Gasteiger partial charge is 0.481 e. The number of aliphatic carboxylic acids is 1. The number of aromatic nitrogens is 2. The van der Waals surface area contributed by atoms with Crippen LogP contribution in [0.25, 0.3) is 33.1 Å². The van der Waals surface area contributed by atoms with Gasteiger partial charge in [-0.25, -0.2) is 0 Å². The van der Waals surface area contributed by atoms with E-state index in [-0.39, 0.29) is 43.2 Å². The number of aromatic amines is 2. The molecule has 0 bridgehead atoms. The maximum Gasteiger partial charge on any atom is 0.306 e. The number of nitrogens with one attached hydrogen (secondary N) is 3.